The van der Waals surface area contributed by atoms with Gasteiger partial charge in [0, 0.05) is 45.2 Å². The Morgan fingerprint density at radius 2 is 1.92 bits per heavy atom. The predicted octanol–water partition coefficient (Wildman–Crippen LogP) is 3.41. The van der Waals surface area contributed by atoms with Gasteiger partial charge in [0.05, 0.1) is 15.5 Å². The van der Waals surface area contributed by atoms with E-state index in [4.69, 9.17) is 18.0 Å². The Morgan fingerprint density at radius 3 is 2.42 bits per heavy atom. The molecule has 0 aromatic heterocycles. The number of benzene rings is 1. The topological polar surface area (TPSA) is 49.6 Å². The number of hydrogen-bond donors (Lipinski definition) is 0. The van der Waals surface area contributed by atoms with Crippen molar-refractivity contribution in [2.45, 2.75) is 12.6 Å². The molecular formula is C15H15ClF3N3O2. The molecule has 1 aromatic rings. The second-order valence-electron chi connectivity index (χ2n) is 5.36. The van der Waals surface area contributed by atoms with Gasteiger partial charge in [-0.15, -0.1) is 12.3 Å². The summed E-state index contributed by atoms with van der Waals surface area (Å²) in [6.45, 7) is 2.87. The van der Waals surface area contributed by atoms with Crippen molar-refractivity contribution in [2.24, 2.45) is 0 Å². The van der Waals surface area contributed by atoms with Crippen molar-refractivity contribution in [3.8, 4) is 12.3 Å². The first-order valence-electron chi connectivity index (χ1n) is 7.20. The molecule has 5 nitrogen and oxygen atoms in total. The smallest absolute Gasteiger partial charge is 0.363 e. The average molecular weight is 362 g/mol. The zero-order valence-electron chi connectivity index (χ0n) is 12.6. The molecule has 1 fully saturated rings. The van der Waals surface area contributed by atoms with Gasteiger partial charge in [-0.3, -0.25) is 15.0 Å². The maximum Gasteiger partial charge on any atom is 0.418 e. The van der Waals surface area contributed by atoms with Crippen LogP contribution in [0.3, 0.4) is 0 Å². The average Bonchev–Trinajstić information content (AvgIpc) is 2.51. The number of anilines is 1. The van der Waals surface area contributed by atoms with Crippen molar-refractivity contribution in [1.82, 2.24) is 4.90 Å². The van der Waals surface area contributed by atoms with Gasteiger partial charge in [-0.1, -0.05) is 11.6 Å². The number of hydrogen-bond acceptors (Lipinski definition) is 4. The molecular weight excluding hydrogens is 347 g/mol. The molecule has 0 radical (unpaired) electrons. The van der Waals surface area contributed by atoms with E-state index in [1.54, 1.807) is 4.90 Å². The van der Waals surface area contributed by atoms with Gasteiger partial charge in [0.25, 0.3) is 5.69 Å². The van der Waals surface area contributed by atoms with Gasteiger partial charge in [-0.25, -0.2) is 0 Å². The highest BCUT2D eigenvalue weighted by molar-refractivity contribution is 6.31. The molecule has 1 aromatic carbocycles. The van der Waals surface area contributed by atoms with Crippen LogP contribution in [0.1, 0.15) is 12.0 Å². The normalized spacial score (nSPS) is 16.0. The minimum Gasteiger partial charge on any atom is -0.363 e. The molecule has 0 N–H and O–H groups in total. The molecule has 1 saturated heterocycles. The molecule has 0 saturated carbocycles. The first kappa shape index (κ1) is 18.4. The van der Waals surface area contributed by atoms with Crippen molar-refractivity contribution >= 4 is 23.0 Å². The van der Waals surface area contributed by atoms with Gasteiger partial charge in [0.1, 0.15) is 5.69 Å². The highest BCUT2D eigenvalue weighted by atomic mass is 35.5. The minimum absolute atomic E-state index is 0.106. The maximum atomic E-state index is 12.9. The lowest BCUT2D eigenvalue weighted by Crippen LogP contribution is -2.46. The Balaban J connectivity index is 2.26. The molecule has 0 atom stereocenters. The van der Waals surface area contributed by atoms with Gasteiger partial charge in [-0.2, -0.15) is 13.2 Å². The fourth-order valence-corrected chi connectivity index (χ4v) is 2.87. The summed E-state index contributed by atoms with van der Waals surface area (Å²) in [4.78, 5) is 14.2. The molecule has 2 rings (SSSR count). The van der Waals surface area contributed by atoms with Crippen LogP contribution in [0.15, 0.2) is 12.1 Å². The largest absolute Gasteiger partial charge is 0.418 e. The third-order valence-electron chi connectivity index (χ3n) is 3.85. The lowest BCUT2D eigenvalue weighted by molar-refractivity contribution is -0.384. The summed E-state index contributed by atoms with van der Waals surface area (Å²) in [5, 5.41) is 10.7. The third-order valence-corrected chi connectivity index (χ3v) is 4.16. The minimum atomic E-state index is -4.74. The Morgan fingerprint density at radius 1 is 1.29 bits per heavy atom. The third kappa shape index (κ3) is 4.10. The first-order valence-corrected chi connectivity index (χ1v) is 7.57. The van der Waals surface area contributed by atoms with Crippen molar-refractivity contribution < 1.29 is 18.1 Å². The van der Waals surface area contributed by atoms with Crippen molar-refractivity contribution in [3.63, 3.8) is 0 Å². The highest BCUT2D eigenvalue weighted by Crippen LogP contribution is 2.41. The molecule has 130 valence electrons. The van der Waals surface area contributed by atoms with Crippen LogP contribution in [-0.4, -0.2) is 42.5 Å². The fraction of sp³-hybridized carbons (Fsp3) is 0.467. The van der Waals surface area contributed by atoms with Crippen LogP contribution in [0.2, 0.25) is 5.02 Å². The SMILES string of the molecule is C#CCCN1CCN(c2cc(Cl)c(C(F)(F)F)cc2[N+](=O)[O-])CC1. The Labute approximate surface area is 142 Å². The quantitative estimate of drug-likeness (QED) is 0.468. The summed E-state index contributed by atoms with van der Waals surface area (Å²) >= 11 is 5.71. The van der Waals surface area contributed by atoms with E-state index in [-0.39, 0.29) is 5.69 Å². The molecule has 0 unspecified atom stereocenters. The van der Waals surface area contributed by atoms with Crippen molar-refractivity contribution in [2.75, 3.05) is 37.6 Å². The van der Waals surface area contributed by atoms with E-state index >= 15 is 0 Å². The summed E-state index contributed by atoms with van der Waals surface area (Å²) in [5.41, 5.74) is -1.69. The van der Waals surface area contributed by atoms with Gasteiger partial charge in [0.15, 0.2) is 0 Å². The van der Waals surface area contributed by atoms with Crippen LogP contribution in [0, 0.1) is 22.5 Å². The van der Waals surface area contributed by atoms with Crippen LogP contribution in [0.5, 0.6) is 0 Å². The highest BCUT2D eigenvalue weighted by Gasteiger charge is 2.37. The number of piperazine rings is 1. The second-order valence-corrected chi connectivity index (χ2v) is 5.77. The molecule has 24 heavy (non-hydrogen) atoms. The van der Waals surface area contributed by atoms with Gasteiger partial charge < -0.3 is 4.90 Å². The fourth-order valence-electron chi connectivity index (χ4n) is 2.60. The number of halogens is 4. The van der Waals surface area contributed by atoms with Crippen LogP contribution in [0.25, 0.3) is 0 Å². The van der Waals surface area contributed by atoms with E-state index in [1.807, 2.05) is 0 Å². The number of nitro benzene ring substituents is 1. The standard InChI is InChI=1S/C15H15ClF3N3O2/c1-2-3-4-20-5-7-21(8-6-20)13-10-12(16)11(15(17,18)19)9-14(13)22(23)24/h1,9-10H,3-8H2. The number of nitrogens with zero attached hydrogens (tertiary/aromatic N) is 3. The number of nitro groups is 1. The zero-order chi connectivity index (χ0) is 17.9. The van der Waals surface area contributed by atoms with Gasteiger partial charge >= 0.3 is 6.18 Å². The molecule has 0 amide bonds. The van der Waals surface area contributed by atoms with E-state index in [2.05, 4.69) is 10.8 Å². The predicted molar refractivity (Wildman–Crippen MR) is 85.2 cm³/mol. The number of rotatable bonds is 4. The molecule has 9 heteroatoms. The van der Waals surface area contributed by atoms with E-state index in [9.17, 15) is 23.3 Å². The monoisotopic (exact) mass is 361 g/mol. The molecule has 1 aliphatic rings. The molecule has 1 aliphatic heterocycles. The lowest BCUT2D eigenvalue weighted by atomic mass is 10.1. The van der Waals surface area contributed by atoms with E-state index in [0.29, 0.717) is 38.7 Å². The molecule has 1 heterocycles. The maximum absolute atomic E-state index is 12.9. The summed E-state index contributed by atoms with van der Waals surface area (Å²) in [5.74, 6) is 2.54. The van der Waals surface area contributed by atoms with E-state index in [0.717, 1.165) is 12.6 Å². The van der Waals surface area contributed by atoms with Crippen molar-refractivity contribution in [1.29, 1.82) is 0 Å². The van der Waals surface area contributed by atoms with E-state index < -0.39 is 27.4 Å². The van der Waals surface area contributed by atoms with Crippen LogP contribution in [-0.2, 0) is 6.18 Å². The summed E-state index contributed by atoms with van der Waals surface area (Å²) < 4.78 is 38.7. The zero-order valence-corrected chi connectivity index (χ0v) is 13.4. The lowest BCUT2D eigenvalue weighted by Gasteiger charge is -2.35. The first-order chi connectivity index (χ1) is 11.2. The van der Waals surface area contributed by atoms with E-state index in [1.165, 1.54) is 0 Å². The molecule has 0 spiro atoms. The van der Waals surface area contributed by atoms with Crippen LogP contribution < -0.4 is 4.90 Å². The van der Waals surface area contributed by atoms with Crippen LogP contribution in [0.4, 0.5) is 24.5 Å². The van der Waals surface area contributed by atoms with Crippen molar-refractivity contribution in [3.05, 3.63) is 32.8 Å². The summed E-state index contributed by atoms with van der Waals surface area (Å²) in [6, 6.07) is 1.53. The molecule has 0 aliphatic carbocycles. The summed E-state index contributed by atoms with van der Waals surface area (Å²) in [7, 11) is 0. The van der Waals surface area contributed by atoms with Gasteiger partial charge in [0.2, 0.25) is 0 Å². The molecule has 0 bridgehead atoms. The number of terminal acetylenes is 1. The van der Waals surface area contributed by atoms with Crippen LogP contribution >= 0.6 is 11.6 Å². The second kappa shape index (κ2) is 7.28. The summed E-state index contributed by atoms with van der Waals surface area (Å²) in [6.07, 6.45) is 1.08. The van der Waals surface area contributed by atoms with Gasteiger partial charge in [-0.05, 0) is 6.07 Å². The Kier molecular flexibility index (Phi) is 5.57. The Bertz CT molecular complexity index is 665. The number of alkyl halides is 3. The Hall–Kier alpha value is -1.98.